The minimum absolute atomic E-state index is 0.00234. The monoisotopic (exact) mass is 553 g/mol. The lowest BCUT2D eigenvalue weighted by atomic mass is 9.66. The number of hydrogen-bond donors (Lipinski definition) is 1. The van der Waals surface area contributed by atoms with E-state index in [-0.39, 0.29) is 24.1 Å². The summed E-state index contributed by atoms with van der Waals surface area (Å²) < 4.78 is 16.7. The maximum Gasteiger partial charge on any atom is 0.336 e. The fraction of sp³-hybridized carbons (Fsp3) is 0.324. The van der Waals surface area contributed by atoms with Crippen LogP contribution >= 0.6 is 0 Å². The third-order valence-corrected chi connectivity index (χ3v) is 7.87. The number of ketones is 1. The summed E-state index contributed by atoms with van der Waals surface area (Å²) in [7, 11) is 1.63. The zero-order valence-electron chi connectivity index (χ0n) is 23.6. The Morgan fingerprint density at radius 3 is 2.41 bits per heavy atom. The Balaban J connectivity index is 1.49. The second-order valence-electron chi connectivity index (χ2n) is 10.4. The number of ether oxygens (including phenoxy) is 3. The fourth-order valence-electron chi connectivity index (χ4n) is 5.89. The Kier molecular flexibility index (Phi) is 8.53. The molecule has 0 spiro atoms. The smallest absolute Gasteiger partial charge is 0.336 e. The van der Waals surface area contributed by atoms with E-state index in [0.29, 0.717) is 48.5 Å². The molecule has 1 saturated carbocycles. The van der Waals surface area contributed by atoms with Crippen molar-refractivity contribution in [1.82, 2.24) is 0 Å². The highest BCUT2D eigenvalue weighted by Gasteiger charge is 2.46. The molecule has 3 aromatic carbocycles. The number of carbonyl (C=O) groups excluding carboxylic acids is 2. The van der Waals surface area contributed by atoms with Crippen molar-refractivity contribution in [3.05, 3.63) is 101 Å². The van der Waals surface area contributed by atoms with Gasteiger partial charge in [0.15, 0.2) is 11.5 Å². The molecule has 3 atom stereocenters. The number of allylic oxidation sites excluding steroid dienone is 1. The summed E-state index contributed by atoms with van der Waals surface area (Å²) in [5, 5.41) is 10.4. The van der Waals surface area contributed by atoms with Gasteiger partial charge in [-0.15, -0.1) is 0 Å². The Morgan fingerprint density at radius 1 is 0.976 bits per heavy atom. The Morgan fingerprint density at radius 2 is 1.71 bits per heavy atom. The molecule has 1 N–H and O–H groups in total. The minimum Gasteiger partial charge on any atom is -0.504 e. The van der Waals surface area contributed by atoms with E-state index in [1.807, 2.05) is 61.5 Å². The number of methoxy groups -OCH3 is 1. The van der Waals surface area contributed by atoms with Gasteiger partial charge in [0.05, 0.1) is 31.8 Å². The number of benzene rings is 3. The number of phenols is 1. The zero-order valence-corrected chi connectivity index (χ0v) is 23.6. The van der Waals surface area contributed by atoms with Crippen LogP contribution in [0, 0.1) is 5.92 Å². The van der Waals surface area contributed by atoms with Crippen LogP contribution in [0.4, 0.5) is 0 Å². The lowest BCUT2D eigenvalue weighted by Gasteiger charge is -2.38. The highest BCUT2D eigenvalue weighted by Crippen LogP contribution is 2.47. The number of Topliss-reactive ketones (excluding diaryl/α,β-unsaturated/α-hetero) is 1. The van der Waals surface area contributed by atoms with E-state index in [1.54, 1.807) is 32.2 Å². The molecule has 7 heteroatoms. The van der Waals surface area contributed by atoms with Crippen molar-refractivity contribution in [2.75, 3.05) is 20.3 Å². The predicted octanol–water partition coefficient (Wildman–Crippen LogP) is 6.16. The van der Waals surface area contributed by atoms with Crippen molar-refractivity contribution in [1.29, 1.82) is 0 Å². The Bertz CT molecular complexity index is 1470. The molecule has 0 aromatic heterocycles. The lowest BCUT2D eigenvalue weighted by molar-refractivity contribution is -0.139. The van der Waals surface area contributed by atoms with E-state index < -0.39 is 17.8 Å². The third kappa shape index (κ3) is 6.04. The van der Waals surface area contributed by atoms with Crippen LogP contribution < -0.4 is 9.47 Å². The Hall–Kier alpha value is -4.39. The minimum atomic E-state index is -0.608. The van der Waals surface area contributed by atoms with E-state index >= 15 is 0 Å². The van der Waals surface area contributed by atoms with Gasteiger partial charge in [0.1, 0.15) is 11.5 Å². The molecule has 0 radical (unpaired) electrons. The van der Waals surface area contributed by atoms with Crippen LogP contribution in [0.3, 0.4) is 0 Å². The van der Waals surface area contributed by atoms with Crippen molar-refractivity contribution in [2.45, 2.75) is 44.9 Å². The van der Waals surface area contributed by atoms with Crippen LogP contribution in [0.1, 0.15) is 55.2 Å². The van der Waals surface area contributed by atoms with E-state index in [0.717, 1.165) is 22.6 Å². The van der Waals surface area contributed by atoms with Crippen molar-refractivity contribution in [3.8, 4) is 17.2 Å². The van der Waals surface area contributed by atoms with Gasteiger partial charge in [-0.3, -0.25) is 9.79 Å². The van der Waals surface area contributed by atoms with E-state index in [2.05, 4.69) is 0 Å². The number of aliphatic imine (C=N–C) groups is 1. The maximum atomic E-state index is 13.9. The normalized spacial score (nSPS) is 20.2. The van der Waals surface area contributed by atoms with Crippen LogP contribution in [-0.4, -0.2) is 42.9 Å². The molecule has 3 aromatic rings. The molecule has 1 aliphatic heterocycles. The number of esters is 1. The number of fused-ring (bicyclic) bond motifs is 1. The van der Waals surface area contributed by atoms with Crippen LogP contribution in [0.2, 0.25) is 0 Å². The van der Waals surface area contributed by atoms with Gasteiger partial charge in [-0.05, 0) is 67.1 Å². The van der Waals surface area contributed by atoms with Crippen molar-refractivity contribution < 1.29 is 28.9 Å². The summed E-state index contributed by atoms with van der Waals surface area (Å²) in [5.74, 6) is -0.619. The molecule has 1 fully saturated rings. The topological polar surface area (TPSA) is 94.4 Å². The molecule has 1 aliphatic carbocycles. The predicted molar refractivity (Wildman–Crippen MR) is 157 cm³/mol. The molecule has 2 aliphatic rings. The number of rotatable bonds is 9. The molecule has 41 heavy (non-hydrogen) atoms. The highest BCUT2D eigenvalue weighted by molar-refractivity contribution is 6.12. The molecule has 0 amide bonds. The zero-order chi connectivity index (χ0) is 28.9. The first-order valence-corrected chi connectivity index (χ1v) is 14.0. The number of hydrogen-bond acceptors (Lipinski definition) is 7. The van der Waals surface area contributed by atoms with Gasteiger partial charge in [0, 0.05) is 30.2 Å². The summed E-state index contributed by atoms with van der Waals surface area (Å²) >= 11 is 0. The largest absolute Gasteiger partial charge is 0.504 e. The van der Waals surface area contributed by atoms with Gasteiger partial charge in [0.25, 0.3) is 0 Å². The average Bonchev–Trinajstić information content (AvgIpc) is 2.98. The highest BCUT2D eigenvalue weighted by atomic mass is 16.5. The number of aromatic hydroxyl groups is 1. The van der Waals surface area contributed by atoms with Crippen molar-refractivity contribution in [2.24, 2.45) is 10.9 Å². The van der Waals surface area contributed by atoms with Gasteiger partial charge in [0.2, 0.25) is 0 Å². The van der Waals surface area contributed by atoms with Crippen molar-refractivity contribution in [3.63, 3.8) is 0 Å². The SMILES string of the molecule is CCOc1cc([C@H]2C(C(=O)OCCc3ccccc3)=C(C)N=C3C[C@H](c4ccc(OC)cc4)CC(=O)C32)ccc1O. The molecule has 1 heterocycles. The number of nitrogens with zero attached hydrogens (tertiary/aromatic N) is 1. The number of carbonyl (C=O) groups is 2. The van der Waals surface area contributed by atoms with Crippen LogP contribution in [0.5, 0.6) is 17.2 Å². The summed E-state index contributed by atoms with van der Waals surface area (Å²) in [4.78, 5) is 32.4. The molecule has 0 bridgehead atoms. The van der Waals surface area contributed by atoms with Crippen LogP contribution in [0.25, 0.3) is 0 Å². The van der Waals surface area contributed by atoms with Gasteiger partial charge in [-0.2, -0.15) is 0 Å². The van der Waals surface area contributed by atoms with Gasteiger partial charge >= 0.3 is 5.97 Å². The maximum absolute atomic E-state index is 13.9. The fourth-order valence-corrected chi connectivity index (χ4v) is 5.89. The van der Waals surface area contributed by atoms with Crippen LogP contribution in [0.15, 0.2) is 89.1 Å². The molecule has 7 nitrogen and oxygen atoms in total. The van der Waals surface area contributed by atoms with Gasteiger partial charge in [-0.1, -0.05) is 48.5 Å². The average molecular weight is 554 g/mol. The summed E-state index contributed by atoms with van der Waals surface area (Å²) in [6.45, 7) is 4.21. The second kappa shape index (κ2) is 12.4. The van der Waals surface area contributed by atoms with E-state index in [9.17, 15) is 14.7 Å². The molecular weight excluding hydrogens is 518 g/mol. The Labute approximate surface area is 240 Å². The first-order valence-electron chi connectivity index (χ1n) is 14.0. The molecule has 1 unspecified atom stereocenters. The molecule has 0 saturated heterocycles. The van der Waals surface area contributed by atoms with Gasteiger partial charge < -0.3 is 19.3 Å². The van der Waals surface area contributed by atoms with E-state index in [1.165, 1.54) is 0 Å². The third-order valence-electron chi connectivity index (χ3n) is 7.87. The quantitative estimate of drug-likeness (QED) is 0.319. The van der Waals surface area contributed by atoms with Gasteiger partial charge in [-0.25, -0.2) is 4.79 Å². The lowest BCUT2D eigenvalue weighted by Crippen LogP contribution is -2.41. The first-order chi connectivity index (χ1) is 19.9. The van der Waals surface area contributed by atoms with E-state index in [4.69, 9.17) is 19.2 Å². The molecular formula is C34H35NO6. The summed E-state index contributed by atoms with van der Waals surface area (Å²) in [6, 6.07) is 22.6. The molecule has 212 valence electrons. The first kappa shape index (κ1) is 28.1. The van der Waals surface area contributed by atoms with Crippen molar-refractivity contribution >= 4 is 17.5 Å². The summed E-state index contributed by atoms with van der Waals surface area (Å²) in [6.07, 6.45) is 1.51. The van der Waals surface area contributed by atoms with Crippen LogP contribution in [-0.2, 0) is 20.7 Å². The standard InChI is InChI=1S/C34H35NO6/c1-4-40-30-20-24(12-15-28(30)36)32-31(34(38)41-17-16-22-8-6-5-7-9-22)21(2)35-27-18-25(19-29(37)33(27)32)23-10-13-26(39-3)14-11-23/h5-15,20,25,32-33,36H,4,16-19H2,1-3H3/t25-,32-,33?/m0/s1. The number of phenolic OH excluding ortho intramolecular Hbond substituents is 1. The summed E-state index contributed by atoms with van der Waals surface area (Å²) in [5.41, 5.74) is 4.49. The molecule has 5 rings (SSSR count). The second-order valence-corrected chi connectivity index (χ2v) is 10.4.